The van der Waals surface area contributed by atoms with Gasteiger partial charge in [-0.05, 0) is 31.4 Å². The van der Waals surface area contributed by atoms with Crippen LogP contribution in [0.5, 0.6) is 11.5 Å². The Morgan fingerprint density at radius 3 is 2.64 bits per heavy atom. The van der Waals surface area contributed by atoms with Crippen molar-refractivity contribution in [2.45, 2.75) is 51.4 Å². The first-order valence-corrected chi connectivity index (χ1v) is 8.10. The van der Waals surface area contributed by atoms with E-state index in [2.05, 4.69) is 11.9 Å². The first-order valence-electron chi connectivity index (χ1n) is 8.10. The highest BCUT2D eigenvalue weighted by Crippen LogP contribution is 2.34. The molecule has 1 aromatic carbocycles. The Hall–Kier alpha value is -1.97. The van der Waals surface area contributed by atoms with Crippen molar-refractivity contribution in [1.82, 2.24) is 0 Å². The number of carbonyl (C=O) groups is 1. The molecule has 0 atom stereocenters. The average molecular weight is 303 g/mol. The third-order valence-corrected chi connectivity index (χ3v) is 3.72. The van der Waals surface area contributed by atoms with Crippen molar-refractivity contribution in [3.63, 3.8) is 0 Å². The highest BCUT2D eigenvalue weighted by Gasteiger charge is 2.13. The third-order valence-electron chi connectivity index (χ3n) is 3.72. The fraction of sp³-hybridized carbons (Fsp3) is 0.500. The molecule has 1 aromatic rings. The standard InChI is InChI=1S/C18H25NO3/c1-2-3-4-5-6-7-8-9-10-18(20)19-15-11-12-16-17(13-15)22-14-21-16/h2,11-13H,1,3-10,14H2,(H,19,20). The lowest BCUT2D eigenvalue weighted by molar-refractivity contribution is -0.116. The van der Waals surface area contributed by atoms with Gasteiger partial charge in [-0.3, -0.25) is 4.79 Å². The van der Waals surface area contributed by atoms with E-state index in [1.165, 1.54) is 25.7 Å². The molecule has 120 valence electrons. The molecule has 1 aliphatic heterocycles. The van der Waals surface area contributed by atoms with E-state index in [-0.39, 0.29) is 12.7 Å². The van der Waals surface area contributed by atoms with Gasteiger partial charge in [-0.2, -0.15) is 0 Å². The van der Waals surface area contributed by atoms with Crippen LogP contribution >= 0.6 is 0 Å². The van der Waals surface area contributed by atoms with E-state index in [0.717, 1.165) is 30.7 Å². The Morgan fingerprint density at radius 2 is 1.82 bits per heavy atom. The van der Waals surface area contributed by atoms with Gasteiger partial charge < -0.3 is 14.8 Å². The number of hydrogen-bond acceptors (Lipinski definition) is 3. The molecule has 0 fully saturated rings. The summed E-state index contributed by atoms with van der Waals surface area (Å²) < 4.78 is 10.5. The van der Waals surface area contributed by atoms with Gasteiger partial charge in [0.25, 0.3) is 0 Å². The molecule has 4 nitrogen and oxygen atoms in total. The maximum Gasteiger partial charge on any atom is 0.231 e. The molecule has 1 heterocycles. The number of carbonyl (C=O) groups excluding carboxylic acids is 1. The van der Waals surface area contributed by atoms with Gasteiger partial charge in [-0.25, -0.2) is 0 Å². The first kappa shape index (κ1) is 16.4. The van der Waals surface area contributed by atoms with Gasteiger partial charge in [-0.15, -0.1) is 6.58 Å². The molecule has 22 heavy (non-hydrogen) atoms. The second-order valence-electron chi connectivity index (χ2n) is 5.56. The molecule has 2 rings (SSSR count). The SMILES string of the molecule is C=CCCCCCCCCC(=O)Nc1ccc2c(c1)OCO2. The van der Waals surface area contributed by atoms with Crippen molar-refractivity contribution < 1.29 is 14.3 Å². The number of benzene rings is 1. The van der Waals surface area contributed by atoms with Gasteiger partial charge in [0.05, 0.1) is 0 Å². The number of unbranched alkanes of at least 4 members (excludes halogenated alkanes) is 6. The first-order chi connectivity index (χ1) is 10.8. The number of hydrogen-bond donors (Lipinski definition) is 1. The van der Waals surface area contributed by atoms with E-state index in [4.69, 9.17) is 9.47 Å². The summed E-state index contributed by atoms with van der Waals surface area (Å²) in [5.41, 5.74) is 0.763. The van der Waals surface area contributed by atoms with Gasteiger partial charge in [0.1, 0.15) is 0 Å². The van der Waals surface area contributed by atoms with Crippen LogP contribution < -0.4 is 14.8 Å². The van der Waals surface area contributed by atoms with Crippen LogP contribution in [-0.2, 0) is 4.79 Å². The zero-order valence-electron chi connectivity index (χ0n) is 13.1. The van der Waals surface area contributed by atoms with Crippen molar-refractivity contribution in [2.24, 2.45) is 0 Å². The molecule has 0 bridgehead atoms. The van der Waals surface area contributed by atoms with Gasteiger partial charge in [0.2, 0.25) is 12.7 Å². The number of ether oxygens (including phenoxy) is 2. The van der Waals surface area contributed by atoms with Crippen LogP contribution in [0.1, 0.15) is 51.4 Å². The summed E-state index contributed by atoms with van der Waals surface area (Å²) in [6.07, 6.45) is 10.6. The van der Waals surface area contributed by atoms with Crippen LogP contribution in [0.25, 0.3) is 0 Å². The Bertz CT molecular complexity index is 499. The molecule has 1 aliphatic rings. The number of rotatable bonds is 10. The minimum absolute atomic E-state index is 0.0607. The van der Waals surface area contributed by atoms with E-state index >= 15 is 0 Å². The molecular weight excluding hydrogens is 278 g/mol. The lowest BCUT2D eigenvalue weighted by Crippen LogP contribution is -2.10. The molecule has 0 aliphatic carbocycles. The Labute approximate surface area is 132 Å². The molecule has 0 spiro atoms. The van der Waals surface area contributed by atoms with Crippen molar-refractivity contribution in [3.05, 3.63) is 30.9 Å². The second kappa shape index (κ2) is 9.13. The lowest BCUT2D eigenvalue weighted by atomic mass is 10.1. The van der Waals surface area contributed by atoms with Crippen LogP contribution in [0.2, 0.25) is 0 Å². The summed E-state index contributed by atoms with van der Waals surface area (Å²) in [6, 6.07) is 5.46. The van der Waals surface area contributed by atoms with E-state index in [1.807, 2.05) is 18.2 Å². The van der Waals surface area contributed by atoms with Crippen LogP contribution in [0.3, 0.4) is 0 Å². The van der Waals surface area contributed by atoms with E-state index in [1.54, 1.807) is 6.07 Å². The molecule has 0 aromatic heterocycles. The minimum atomic E-state index is 0.0607. The zero-order valence-corrected chi connectivity index (χ0v) is 13.1. The van der Waals surface area contributed by atoms with Crippen molar-refractivity contribution in [2.75, 3.05) is 12.1 Å². The summed E-state index contributed by atoms with van der Waals surface area (Å²) >= 11 is 0. The minimum Gasteiger partial charge on any atom is -0.454 e. The predicted molar refractivity (Wildman–Crippen MR) is 88.3 cm³/mol. The van der Waals surface area contributed by atoms with E-state index in [0.29, 0.717) is 12.2 Å². The number of anilines is 1. The van der Waals surface area contributed by atoms with E-state index in [9.17, 15) is 4.79 Å². The summed E-state index contributed by atoms with van der Waals surface area (Å²) in [5, 5.41) is 2.90. The molecule has 0 saturated heterocycles. The number of allylic oxidation sites excluding steroid dienone is 1. The fourth-order valence-corrected chi connectivity index (χ4v) is 2.48. The third kappa shape index (κ3) is 5.43. The van der Waals surface area contributed by atoms with Gasteiger partial charge in [0, 0.05) is 18.2 Å². The van der Waals surface area contributed by atoms with Crippen molar-refractivity contribution in [3.8, 4) is 11.5 Å². The topological polar surface area (TPSA) is 47.6 Å². The maximum atomic E-state index is 11.9. The summed E-state index contributed by atoms with van der Waals surface area (Å²) in [7, 11) is 0. The normalized spacial score (nSPS) is 12.2. The molecule has 1 amide bonds. The van der Waals surface area contributed by atoms with Crippen molar-refractivity contribution >= 4 is 11.6 Å². The molecule has 1 N–H and O–H groups in total. The quantitative estimate of drug-likeness (QED) is 0.505. The smallest absolute Gasteiger partial charge is 0.231 e. The van der Waals surface area contributed by atoms with Crippen LogP contribution in [0.15, 0.2) is 30.9 Å². The molecule has 0 saturated carbocycles. The van der Waals surface area contributed by atoms with Crippen LogP contribution in [-0.4, -0.2) is 12.7 Å². The van der Waals surface area contributed by atoms with E-state index < -0.39 is 0 Å². The van der Waals surface area contributed by atoms with Gasteiger partial charge in [-0.1, -0.05) is 31.8 Å². The molecule has 4 heteroatoms. The highest BCUT2D eigenvalue weighted by atomic mass is 16.7. The van der Waals surface area contributed by atoms with Crippen molar-refractivity contribution in [1.29, 1.82) is 0 Å². The van der Waals surface area contributed by atoms with Gasteiger partial charge in [0.15, 0.2) is 11.5 Å². The summed E-state index contributed by atoms with van der Waals surface area (Å²) in [5.74, 6) is 1.48. The summed E-state index contributed by atoms with van der Waals surface area (Å²) in [6.45, 7) is 3.97. The molecular formula is C18H25NO3. The second-order valence-corrected chi connectivity index (χ2v) is 5.56. The Morgan fingerprint density at radius 1 is 1.09 bits per heavy atom. The number of nitrogens with one attached hydrogen (secondary N) is 1. The largest absolute Gasteiger partial charge is 0.454 e. The number of fused-ring (bicyclic) bond motifs is 1. The van der Waals surface area contributed by atoms with Gasteiger partial charge >= 0.3 is 0 Å². The number of amides is 1. The lowest BCUT2D eigenvalue weighted by Gasteiger charge is -2.06. The molecule has 0 unspecified atom stereocenters. The fourth-order valence-electron chi connectivity index (χ4n) is 2.48. The van der Waals surface area contributed by atoms with Crippen LogP contribution in [0.4, 0.5) is 5.69 Å². The monoisotopic (exact) mass is 303 g/mol. The highest BCUT2D eigenvalue weighted by molar-refractivity contribution is 5.91. The molecule has 0 radical (unpaired) electrons. The summed E-state index contributed by atoms with van der Waals surface area (Å²) in [4.78, 5) is 11.9. The Kier molecular flexibility index (Phi) is 6.81. The average Bonchev–Trinajstić information content (AvgIpc) is 2.97. The zero-order chi connectivity index (χ0) is 15.6. The Balaban J connectivity index is 1.57. The maximum absolute atomic E-state index is 11.9. The predicted octanol–water partition coefficient (Wildman–Crippen LogP) is 4.66. The van der Waals surface area contributed by atoms with Crippen LogP contribution in [0, 0.1) is 0 Å².